The summed E-state index contributed by atoms with van der Waals surface area (Å²) in [5, 5.41) is 12.3. The summed E-state index contributed by atoms with van der Waals surface area (Å²) in [5.74, 6) is -2.56. The first kappa shape index (κ1) is 27.8. The number of hydrogen-bond acceptors (Lipinski definition) is 6. The molecule has 1 aromatic heterocycles. The average molecular weight is 510 g/mol. The van der Waals surface area contributed by atoms with E-state index in [1.165, 1.54) is 10.9 Å². The number of nitrogens with one attached hydrogen (secondary N) is 3. The lowest BCUT2D eigenvalue weighted by Crippen LogP contribution is -2.47. The zero-order valence-electron chi connectivity index (χ0n) is 21.5. The number of aldehydes is 1. The molecular weight excluding hydrogens is 474 g/mol. The van der Waals surface area contributed by atoms with Crippen LogP contribution >= 0.6 is 0 Å². The van der Waals surface area contributed by atoms with Crippen molar-refractivity contribution in [1.29, 1.82) is 0 Å². The zero-order valence-corrected chi connectivity index (χ0v) is 21.5. The molecule has 2 heterocycles. The van der Waals surface area contributed by atoms with Gasteiger partial charge in [0.1, 0.15) is 6.29 Å². The van der Waals surface area contributed by atoms with E-state index in [-0.39, 0.29) is 42.8 Å². The fourth-order valence-electron chi connectivity index (χ4n) is 4.53. The van der Waals surface area contributed by atoms with Crippen molar-refractivity contribution in [2.45, 2.75) is 51.6 Å². The van der Waals surface area contributed by atoms with Crippen LogP contribution in [0.3, 0.4) is 0 Å². The summed E-state index contributed by atoms with van der Waals surface area (Å²) in [5.41, 5.74) is 1.21. The number of hydrogen-bond donors (Lipinski definition) is 3. The third-order valence-corrected chi connectivity index (χ3v) is 6.60. The summed E-state index contributed by atoms with van der Waals surface area (Å²) in [6.07, 6.45) is 4.61. The van der Waals surface area contributed by atoms with Crippen molar-refractivity contribution in [2.75, 3.05) is 6.54 Å². The molecule has 37 heavy (non-hydrogen) atoms. The molecule has 3 rings (SSSR count). The normalized spacial score (nSPS) is 17.5. The van der Waals surface area contributed by atoms with E-state index in [1.54, 1.807) is 13.2 Å². The Kier molecular flexibility index (Phi) is 9.71. The number of aryl methyl sites for hydroxylation is 1. The van der Waals surface area contributed by atoms with Crippen LogP contribution in [0.2, 0.25) is 0 Å². The number of carbonyl (C=O) groups is 5. The largest absolute Gasteiger partial charge is 0.356 e. The second kappa shape index (κ2) is 12.9. The summed E-state index contributed by atoms with van der Waals surface area (Å²) in [7, 11) is 1.69. The first-order chi connectivity index (χ1) is 17.7. The van der Waals surface area contributed by atoms with Gasteiger partial charge in [-0.2, -0.15) is 5.10 Å². The third-order valence-electron chi connectivity index (χ3n) is 6.60. The van der Waals surface area contributed by atoms with Crippen LogP contribution in [0.15, 0.2) is 42.7 Å². The number of aromatic nitrogens is 2. The predicted octanol–water partition coefficient (Wildman–Crippen LogP) is 1.20. The smallest absolute Gasteiger partial charge is 0.255 e. The highest BCUT2D eigenvalue weighted by Crippen LogP contribution is 2.19. The molecule has 0 aliphatic carbocycles. The number of ketones is 1. The lowest BCUT2D eigenvalue weighted by Gasteiger charge is -2.25. The van der Waals surface area contributed by atoms with Crippen LogP contribution in [0.5, 0.6) is 0 Å². The van der Waals surface area contributed by atoms with E-state index in [1.807, 2.05) is 44.2 Å². The molecule has 1 saturated heterocycles. The minimum absolute atomic E-state index is 0.119. The quantitative estimate of drug-likeness (QED) is 0.347. The van der Waals surface area contributed by atoms with Gasteiger partial charge in [-0.1, -0.05) is 44.2 Å². The van der Waals surface area contributed by atoms with E-state index in [0.29, 0.717) is 24.8 Å². The fraction of sp³-hybridized carbons (Fsp3) is 0.481. The molecule has 2 aromatic rings. The van der Waals surface area contributed by atoms with Crippen LogP contribution < -0.4 is 16.0 Å². The molecule has 0 saturated carbocycles. The monoisotopic (exact) mass is 509 g/mol. The number of benzene rings is 1. The van der Waals surface area contributed by atoms with Crippen molar-refractivity contribution in [3.63, 3.8) is 0 Å². The van der Waals surface area contributed by atoms with Gasteiger partial charge in [-0.05, 0) is 30.7 Å². The minimum atomic E-state index is -0.832. The Labute approximate surface area is 216 Å². The van der Waals surface area contributed by atoms with E-state index in [0.717, 1.165) is 5.56 Å². The van der Waals surface area contributed by atoms with Gasteiger partial charge in [0.15, 0.2) is 5.78 Å². The Morgan fingerprint density at radius 3 is 2.49 bits per heavy atom. The van der Waals surface area contributed by atoms with Crippen LogP contribution in [0.1, 0.15) is 49.0 Å². The summed E-state index contributed by atoms with van der Waals surface area (Å²) in [6, 6.07) is 7.67. The first-order valence-corrected chi connectivity index (χ1v) is 12.6. The molecule has 3 N–H and O–H groups in total. The van der Waals surface area contributed by atoms with Crippen molar-refractivity contribution in [3.8, 4) is 0 Å². The molecule has 1 aliphatic heterocycles. The number of rotatable bonds is 13. The van der Waals surface area contributed by atoms with E-state index in [4.69, 9.17) is 0 Å². The van der Waals surface area contributed by atoms with E-state index in [2.05, 4.69) is 21.0 Å². The van der Waals surface area contributed by atoms with Gasteiger partial charge in [0.25, 0.3) is 5.91 Å². The van der Waals surface area contributed by atoms with E-state index < -0.39 is 29.8 Å². The number of Topliss-reactive ketones (excluding diaryl/α,β-unsaturated/α-hetero) is 1. The molecule has 10 heteroatoms. The van der Waals surface area contributed by atoms with Crippen molar-refractivity contribution in [3.05, 3.63) is 53.9 Å². The molecular formula is C27H35N5O5. The number of nitrogens with zero attached hydrogens (tertiary/aromatic N) is 2. The highest BCUT2D eigenvalue weighted by molar-refractivity contribution is 5.98. The average Bonchev–Trinajstić information content (AvgIpc) is 3.49. The Morgan fingerprint density at radius 1 is 1.19 bits per heavy atom. The summed E-state index contributed by atoms with van der Waals surface area (Å²) < 4.78 is 1.50. The minimum Gasteiger partial charge on any atom is -0.356 e. The van der Waals surface area contributed by atoms with Crippen LogP contribution in [-0.4, -0.2) is 58.2 Å². The molecule has 4 atom stereocenters. The molecule has 0 bridgehead atoms. The summed E-state index contributed by atoms with van der Waals surface area (Å²) in [6.45, 7) is 4.20. The number of amides is 3. The fourth-order valence-corrected chi connectivity index (χ4v) is 4.53. The molecule has 198 valence electrons. The molecule has 0 spiro atoms. The predicted molar refractivity (Wildman–Crippen MR) is 136 cm³/mol. The second-order valence-electron chi connectivity index (χ2n) is 9.92. The molecule has 0 unspecified atom stereocenters. The van der Waals surface area contributed by atoms with Gasteiger partial charge in [0.2, 0.25) is 11.8 Å². The van der Waals surface area contributed by atoms with Gasteiger partial charge in [-0.15, -0.1) is 0 Å². The van der Waals surface area contributed by atoms with Crippen molar-refractivity contribution < 1.29 is 24.0 Å². The maximum Gasteiger partial charge on any atom is 0.255 e. The topological polar surface area (TPSA) is 139 Å². The first-order valence-electron chi connectivity index (χ1n) is 12.6. The number of carbonyl (C=O) groups excluding carboxylic acids is 5. The van der Waals surface area contributed by atoms with Gasteiger partial charge in [0.05, 0.1) is 23.8 Å². The SMILES string of the molecule is CC(C)[C@H](NC(=O)c1cnn(C)c1)C(=O)C[C@@H](Cc1ccccc1)C(=O)N[C@H](C=O)C[C@@H]1CCNC1=O. The van der Waals surface area contributed by atoms with Gasteiger partial charge in [0, 0.05) is 38.0 Å². The molecule has 1 aromatic carbocycles. The molecule has 1 fully saturated rings. The van der Waals surface area contributed by atoms with Crippen molar-refractivity contribution >= 4 is 29.8 Å². The zero-order chi connectivity index (χ0) is 26.9. The highest BCUT2D eigenvalue weighted by atomic mass is 16.2. The molecule has 10 nitrogen and oxygen atoms in total. The van der Waals surface area contributed by atoms with Crippen LogP contribution in [0.25, 0.3) is 0 Å². The van der Waals surface area contributed by atoms with Crippen molar-refractivity contribution in [1.82, 2.24) is 25.7 Å². The van der Waals surface area contributed by atoms with E-state index >= 15 is 0 Å². The summed E-state index contributed by atoms with van der Waals surface area (Å²) >= 11 is 0. The van der Waals surface area contributed by atoms with Crippen LogP contribution in [0, 0.1) is 17.8 Å². The Hall–Kier alpha value is -3.82. The lowest BCUT2D eigenvalue weighted by atomic mass is 9.88. The highest BCUT2D eigenvalue weighted by Gasteiger charge is 2.32. The van der Waals surface area contributed by atoms with Gasteiger partial charge < -0.3 is 20.7 Å². The molecule has 1 aliphatic rings. The van der Waals surface area contributed by atoms with Gasteiger partial charge >= 0.3 is 0 Å². The lowest BCUT2D eigenvalue weighted by molar-refractivity contribution is -0.132. The van der Waals surface area contributed by atoms with Gasteiger partial charge in [-0.25, -0.2) is 0 Å². The third kappa shape index (κ3) is 7.83. The van der Waals surface area contributed by atoms with Crippen molar-refractivity contribution in [2.24, 2.45) is 24.8 Å². The van der Waals surface area contributed by atoms with Crippen LogP contribution in [0.4, 0.5) is 0 Å². The Morgan fingerprint density at radius 2 is 1.92 bits per heavy atom. The maximum atomic E-state index is 13.4. The Bertz CT molecular complexity index is 1110. The maximum absolute atomic E-state index is 13.4. The van der Waals surface area contributed by atoms with Gasteiger partial charge in [-0.3, -0.25) is 23.9 Å². The molecule has 3 amide bonds. The standard InChI is InChI=1S/C27H35N5O5/c1-17(2)24(31-27(37)21-14-29-32(3)15-21)23(34)13-20(11-18-7-5-4-6-8-18)26(36)30-22(16-33)12-19-9-10-28-25(19)35/h4-8,14-17,19-20,22,24H,9-13H2,1-3H3,(H,28,35)(H,30,36)(H,31,37)/t19-,20+,22-,24-/m0/s1. The Balaban J connectivity index is 1.73. The van der Waals surface area contributed by atoms with E-state index in [9.17, 15) is 24.0 Å². The second-order valence-corrected chi connectivity index (χ2v) is 9.92. The molecule has 0 radical (unpaired) electrons. The van der Waals surface area contributed by atoms with Crippen LogP contribution in [-0.2, 0) is 32.6 Å². The summed E-state index contributed by atoms with van der Waals surface area (Å²) in [4.78, 5) is 63.1.